The first-order valence-corrected chi connectivity index (χ1v) is 7.11. The molecule has 100 valence electrons. The third-order valence-corrected chi connectivity index (χ3v) is 4.01. The Hall–Kier alpha value is -0.730. The summed E-state index contributed by atoms with van der Waals surface area (Å²) in [4.78, 5) is 0. The van der Waals surface area contributed by atoms with Crippen molar-refractivity contribution >= 4 is 34.8 Å². The molecule has 4 heteroatoms. The topological polar surface area (TPSA) is 12.0 Å². The summed E-state index contributed by atoms with van der Waals surface area (Å²) in [6.07, 6.45) is 0.718. The summed E-state index contributed by atoms with van der Waals surface area (Å²) in [5.74, 6) is 0. The van der Waals surface area contributed by atoms with Gasteiger partial charge in [-0.15, -0.1) is 0 Å². The summed E-state index contributed by atoms with van der Waals surface area (Å²) in [7, 11) is 1.91. The van der Waals surface area contributed by atoms with E-state index in [9.17, 15) is 0 Å². The van der Waals surface area contributed by atoms with Crippen LogP contribution in [0.4, 0.5) is 0 Å². The molecule has 0 bridgehead atoms. The van der Waals surface area contributed by atoms with E-state index in [1.165, 1.54) is 0 Å². The van der Waals surface area contributed by atoms with E-state index in [0.717, 1.165) is 22.6 Å². The second-order valence-electron chi connectivity index (χ2n) is 4.30. The van der Waals surface area contributed by atoms with Crippen LogP contribution in [0.25, 0.3) is 0 Å². The van der Waals surface area contributed by atoms with Crippen LogP contribution in [0.3, 0.4) is 0 Å². The lowest BCUT2D eigenvalue weighted by Gasteiger charge is -2.18. The van der Waals surface area contributed by atoms with Gasteiger partial charge in [0.15, 0.2) is 0 Å². The molecule has 0 fully saturated rings. The van der Waals surface area contributed by atoms with E-state index >= 15 is 0 Å². The van der Waals surface area contributed by atoms with Gasteiger partial charge in [0.1, 0.15) is 0 Å². The fourth-order valence-corrected chi connectivity index (χ4v) is 2.79. The first kappa shape index (κ1) is 14.7. The molecule has 0 saturated carbocycles. The molecule has 1 nitrogen and oxygen atoms in total. The summed E-state index contributed by atoms with van der Waals surface area (Å²) in [6, 6.07) is 13.5. The summed E-state index contributed by atoms with van der Waals surface area (Å²) in [5, 5.41) is 5.38. The van der Waals surface area contributed by atoms with E-state index in [4.69, 9.17) is 34.8 Å². The van der Waals surface area contributed by atoms with E-state index < -0.39 is 0 Å². The zero-order chi connectivity index (χ0) is 13.8. The van der Waals surface area contributed by atoms with Crippen molar-refractivity contribution in [3.8, 4) is 0 Å². The van der Waals surface area contributed by atoms with Gasteiger partial charge in [0.05, 0.1) is 0 Å². The minimum atomic E-state index is 0.121. The van der Waals surface area contributed by atoms with Crippen LogP contribution in [0.15, 0.2) is 42.5 Å². The molecule has 2 aromatic rings. The quantitative estimate of drug-likeness (QED) is 0.823. The Kier molecular flexibility index (Phi) is 5.12. The summed E-state index contributed by atoms with van der Waals surface area (Å²) >= 11 is 18.5. The number of hydrogen-bond donors (Lipinski definition) is 1. The summed E-state index contributed by atoms with van der Waals surface area (Å²) in [5.41, 5.74) is 2.07. The lowest BCUT2D eigenvalue weighted by Crippen LogP contribution is -2.19. The molecule has 0 saturated heterocycles. The maximum Gasteiger partial charge on any atom is 0.0453 e. The Morgan fingerprint density at radius 1 is 1.00 bits per heavy atom. The van der Waals surface area contributed by atoms with Crippen molar-refractivity contribution in [2.75, 3.05) is 7.05 Å². The van der Waals surface area contributed by atoms with Crippen LogP contribution in [-0.4, -0.2) is 7.05 Å². The van der Waals surface area contributed by atoms with Gasteiger partial charge in [0.25, 0.3) is 0 Å². The van der Waals surface area contributed by atoms with Crippen molar-refractivity contribution < 1.29 is 0 Å². The normalized spacial score (nSPS) is 12.4. The Balaban J connectivity index is 2.29. The Morgan fingerprint density at radius 3 is 2.21 bits per heavy atom. The fourth-order valence-electron chi connectivity index (χ4n) is 2.04. The van der Waals surface area contributed by atoms with Gasteiger partial charge < -0.3 is 5.32 Å². The van der Waals surface area contributed by atoms with E-state index in [0.29, 0.717) is 10.0 Å². The zero-order valence-corrected chi connectivity index (χ0v) is 12.7. The van der Waals surface area contributed by atoms with E-state index in [-0.39, 0.29) is 6.04 Å². The second-order valence-corrected chi connectivity index (χ2v) is 5.55. The van der Waals surface area contributed by atoms with Gasteiger partial charge in [-0.2, -0.15) is 0 Å². The van der Waals surface area contributed by atoms with Crippen molar-refractivity contribution in [2.45, 2.75) is 12.5 Å². The van der Waals surface area contributed by atoms with E-state index in [1.54, 1.807) is 0 Å². The molecular formula is C15H14Cl3N. The van der Waals surface area contributed by atoms with Crippen molar-refractivity contribution in [2.24, 2.45) is 0 Å². The Labute approximate surface area is 128 Å². The zero-order valence-electron chi connectivity index (χ0n) is 10.5. The predicted octanol–water partition coefficient (Wildman–Crippen LogP) is 5.15. The standard InChI is InChI=1S/C15H14Cl3N/c1-19-15(10-4-2-5-11(16)8-10)9-12-13(17)6-3-7-14(12)18/h2-8,15,19H,9H2,1H3. The maximum atomic E-state index is 6.21. The van der Waals surface area contributed by atoms with Crippen LogP contribution < -0.4 is 5.32 Å². The first-order chi connectivity index (χ1) is 9.11. The number of benzene rings is 2. The molecule has 1 unspecified atom stereocenters. The lowest BCUT2D eigenvalue weighted by molar-refractivity contribution is 0.592. The second kappa shape index (κ2) is 6.62. The molecule has 0 aliphatic rings. The molecule has 1 N–H and O–H groups in total. The third kappa shape index (κ3) is 3.64. The highest BCUT2D eigenvalue weighted by atomic mass is 35.5. The van der Waals surface area contributed by atoms with Crippen molar-refractivity contribution in [1.82, 2.24) is 5.32 Å². The first-order valence-electron chi connectivity index (χ1n) is 5.97. The highest BCUT2D eigenvalue weighted by Crippen LogP contribution is 2.29. The summed E-state index contributed by atoms with van der Waals surface area (Å²) < 4.78 is 0. The molecule has 2 rings (SSSR count). The van der Waals surface area contributed by atoms with Crippen LogP contribution in [0.5, 0.6) is 0 Å². The third-order valence-electron chi connectivity index (χ3n) is 3.07. The van der Waals surface area contributed by atoms with Crippen molar-refractivity contribution in [1.29, 1.82) is 0 Å². The molecular weight excluding hydrogens is 301 g/mol. The van der Waals surface area contributed by atoms with Gasteiger partial charge in [0.2, 0.25) is 0 Å². The van der Waals surface area contributed by atoms with Crippen LogP contribution in [0.1, 0.15) is 17.2 Å². The minimum Gasteiger partial charge on any atom is -0.313 e. The highest BCUT2D eigenvalue weighted by Gasteiger charge is 2.14. The monoisotopic (exact) mass is 313 g/mol. The Morgan fingerprint density at radius 2 is 1.63 bits per heavy atom. The predicted molar refractivity (Wildman–Crippen MR) is 83.4 cm³/mol. The number of nitrogens with one attached hydrogen (secondary N) is 1. The largest absolute Gasteiger partial charge is 0.313 e. The number of halogens is 3. The molecule has 0 heterocycles. The molecule has 0 spiro atoms. The van der Waals surface area contributed by atoms with Crippen LogP contribution in [0, 0.1) is 0 Å². The molecule has 0 aliphatic carbocycles. The lowest BCUT2D eigenvalue weighted by atomic mass is 9.99. The van der Waals surface area contributed by atoms with Gasteiger partial charge in [-0.3, -0.25) is 0 Å². The average Bonchev–Trinajstić information content (AvgIpc) is 2.38. The smallest absolute Gasteiger partial charge is 0.0453 e. The maximum absolute atomic E-state index is 6.21. The number of hydrogen-bond acceptors (Lipinski definition) is 1. The molecule has 1 atom stereocenters. The van der Waals surface area contributed by atoms with E-state index in [2.05, 4.69) is 5.32 Å². The van der Waals surface area contributed by atoms with Crippen LogP contribution >= 0.6 is 34.8 Å². The van der Waals surface area contributed by atoms with Gasteiger partial charge in [-0.25, -0.2) is 0 Å². The minimum absolute atomic E-state index is 0.121. The number of likely N-dealkylation sites (N-methyl/N-ethyl adjacent to an activating group) is 1. The van der Waals surface area contributed by atoms with Crippen LogP contribution in [0.2, 0.25) is 15.1 Å². The molecule has 0 aromatic heterocycles. The van der Waals surface area contributed by atoms with Crippen molar-refractivity contribution in [3.05, 3.63) is 68.7 Å². The highest BCUT2D eigenvalue weighted by molar-refractivity contribution is 6.36. The van der Waals surface area contributed by atoms with Gasteiger partial charge in [-0.05, 0) is 48.9 Å². The van der Waals surface area contributed by atoms with Gasteiger partial charge >= 0.3 is 0 Å². The average molecular weight is 315 g/mol. The number of rotatable bonds is 4. The molecule has 0 aliphatic heterocycles. The molecule has 0 amide bonds. The SMILES string of the molecule is CNC(Cc1c(Cl)cccc1Cl)c1cccc(Cl)c1. The fraction of sp³-hybridized carbons (Fsp3) is 0.200. The van der Waals surface area contributed by atoms with Gasteiger partial charge in [0, 0.05) is 21.1 Å². The van der Waals surface area contributed by atoms with Crippen LogP contribution in [-0.2, 0) is 6.42 Å². The van der Waals surface area contributed by atoms with Gasteiger partial charge in [-0.1, -0.05) is 53.0 Å². The molecule has 19 heavy (non-hydrogen) atoms. The molecule has 2 aromatic carbocycles. The van der Waals surface area contributed by atoms with E-state index in [1.807, 2.05) is 49.5 Å². The molecule has 0 radical (unpaired) electrons. The summed E-state index contributed by atoms with van der Waals surface area (Å²) in [6.45, 7) is 0. The van der Waals surface area contributed by atoms with Crippen molar-refractivity contribution in [3.63, 3.8) is 0 Å². The Bertz CT molecular complexity index is 549.